The third-order valence-electron chi connectivity index (χ3n) is 3.03. The number of rotatable bonds is 5. The molecule has 20 heavy (non-hydrogen) atoms. The summed E-state index contributed by atoms with van der Waals surface area (Å²) in [6.45, 7) is 2.01. The van der Waals surface area contributed by atoms with E-state index in [9.17, 15) is 9.18 Å². The lowest BCUT2D eigenvalue weighted by Crippen LogP contribution is -2.04. The Bertz CT molecular complexity index is 623. The monoisotopic (exact) mass is 274 g/mol. The summed E-state index contributed by atoms with van der Waals surface area (Å²) in [5.74, 6) is -0.862. The number of para-hydroxylation sites is 1. The number of carboxylic acids is 1. The summed E-state index contributed by atoms with van der Waals surface area (Å²) in [6.07, 6.45) is 0.813. The third kappa shape index (κ3) is 3.15. The van der Waals surface area contributed by atoms with Gasteiger partial charge in [0.15, 0.2) is 0 Å². The van der Waals surface area contributed by atoms with E-state index in [0.717, 1.165) is 18.1 Å². The quantitative estimate of drug-likeness (QED) is 0.905. The summed E-state index contributed by atoms with van der Waals surface area (Å²) < 4.78 is 19.2. The summed E-state index contributed by atoms with van der Waals surface area (Å²) >= 11 is 0. The van der Waals surface area contributed by atoms with Crippen LogP contribution >= 0.6 is 0 Å². The number of hydrogen-bond donors (Lipinski definition) is 1. The van der Waals surface area contributed by atoms with Crippen molar-refractivity contribution < 1.29 is 19.0 Å². The van der Waals surface area contributed by atoms with Crippen molar-refractivity contribution in [3.63, 3.8) is 0 Å². The van der Waals surface area contributed by atoms with Crippen LogP contribution in [-0.4, -0.2) is 11.1 Å². The van der Waals surface area contributed by atoms with Gasteiger partial charge in [0.2, 0.25) is 0 Å². The smallest absolute Gasteiger partial charge is 0.335 e. The Morgan fingerprint density at radius 2 is 1.95 bits per heavy atom. The van der Waals surface area contributed by atoms with Gasteiger partial charge in [-0.15, -0.1) is 0 Å². The van der Waals surface area contributed by atoms with E-state index in [1.165, 1.54) is 12.1 Å². The molecule has 0 aliphatic heterocycles. The molecule has 2 aromatic rings. The number of hydrogen-bond acceptors (Lipinski definition) is 2. The average molecular weight is 274 g/mol. The second-order valence-electron chi connectivity index (χ2n) is 4.36. The second-order valence-corrected chi connectivity index (χ2v) is 4.36. The molecule has 0 bridgehead atoms. The zero-order chi connectivity index (χ0) is 14.5. The first-order valence-corrected chi connectivity index (χ1v) is 6.34. The van der Waals surface area contributed by atoms with Crippen LogP contribution in [0.5, 0.6) is 5.75 Å². The summed E-state index contributed by atoms with van der Waals surface area (Å²) in [4.78, 5) is 10.9. The molecular formula is C16H15FO3. The topological polar surface area (TPSA) is 46.5 Å². The number of carbonyl (C=O) groups is 1. The fourth-order valence-corrected chi connectivity index (χ4v) is 1.91. The average Bonchev–Trinajstić information content (AvgIpc) is 2.46. The highest BCUT2D eigenvalue weighted by molar-refractivity contribution is 5.87. The molecule has 0 amide bonds. The van der Waals surface area contributed by atoms with Gasteiger partial charge in [-0.25, -0.2) is 9.18 Å². The van der Waals surface area contributed by atoms with Crippen LogP contribution in [0.4, 0.5) is 4.39 Å². The van der Waals surface area contributed by atoms with Crippen molar-refractivity contribution in [3.05, 3.63) is 65.0 Å². The number of halogens is 1. The predicted octanol–water partition coefficient (Wildman–Crippen LogP) is 3.67. The zero-order valence-electron chi connectivity index (χ0n) is 11.1. The largest absolute Gasteiger partial charge is 0.489 e. The molecule has 2 aromatic carbocycles. The molecular weight excluding hydrogens is 259 g/mol. The Morgan fingerprint density at radius 1 is 1.20 bits per heavy atom. The molecule has 0 atom stereocenters. The summed E-state index contributed by atoms with van der Waals surface area (Å²) in [6, 6.07) is 11.2. The third-order valence-corrected chi connectivity index (χ3v) is 3.03. The van der Waals surface area contributed by atoms with Crippen molar-refractivity contribution in [1.29, 1.82) is 0 Å². The summed E-state index contributed by atoms with van der Waals surface area (Å²) in [5.41, 5.74) is 1.31. The first-order valence-electron chi connectivity index (χ1n) is 6.34. The van der Waals surface area contributed by atoms with E-state index in [1.54, 1.807) is 0 Å². The standard InChI is InChI=1S/C16H15FO3/c1-2-11-5-3-4-6-15(11)20-10-13-9-12(16(18)19)7-8-14(13)17/h3-9H,2,10H2,1H3,(H,18,19). The van der Waals surface area contributed by atoms with Crippen molar-refractivity contribution in [2.24, 2.45) is 0 Å². The van der Waals surface area contributed by atoms with E-state index in [-0.39, 0.29) is 17.7 Å². The number of benzene rings is 2. The van der Waals surface area contributed by atoms with Crippen molar-refractivity contribution in [2.75, 3.05) is 0 Å². The van der Waals surface area contributed by atoms with Crippen molar-refractivity contribution in [1.82, 2.24) is 0 Å². The van der Waals surface area contributed by atoms with Crippen molar-refractivity contribution in [2.45, 2.75) is 20.0 Å². The first-order chi connectivity index (χ1) is 9.61. The van der Waals surface area contributed by atoms with Crippen LogP contribution in [0, 0.1) is 5.82 Å². The highest BCUT2D eigenvalue weighted by atomic mass is 19.1. The summed E-state index contributed by atoms with van der Waals surface area (Å²) in [7, 11) is 0. The van der Waals surface area contributed by atoms with Crippen LogP contribution in [0.1, 0.15) is 28.4 Å². The van der Waals surface area contributed by atoms with Crippen LogP contribution in [0.2, 0.25) is 0 Å². The van der Waals surface area contributed by atoms with E-state index in [1.807, 2.05) is 31.2 Å². The van der Waals surface area contributed by atoms with Crippen LogP contribution < -0.4 is 4.74 Å². The second kappa shape index (κ2) is 6.19. The Labute approximate surface area is 116 Å². The minimum atomic E-state index is -1.08. The van der Waals surface area contributed by atoms with Crippen molar-refractivity contribution in [3.8, 4) is 5.75 Å². The molecule has 0 saturated carbocycles. The number of aryl methyl sites for hydroxylation is 1. The lowest BCUT2D eigenvalue weighted by atomic mass is 10.1. The van der Waals surface area contributed by atoms with Crippen LogP contribution in [-0.2, 0) is 13.0 Å². The van der Waals surface area contributed by atoms with Gasteiger partial charge in [-0.3, -0.25) is 0 Å². The van der Waals surface area contributed by atoms with E-state index < -0.39 is 11.8 Å². The van der Waals surface area contributed by atoms with Gasteiger partial charge in [-0.05, 0) is 36.2 Å². The zero-order valence-corrected chi connectivity index (χ0v) is 11.1. The SMILES string of the molecule is CCc1ccccc1OCc1cc(C(=O)O)ccc1F. The van der Waals surface area contributed by atoms with Gasteiger partial charge >= 0.3 is 5.97 Å². The van der Waals surface area contributed by atoms with Crippen LogP contribution in [0.3, 0.4) is 0 Å². The van der Waals surface area contributed by atoms with Crippen LogP contribution in [0.15, 0.2) is 42.5 Å². The van der Waals surface area contributed by atoms with Gasteiger partial charge in [0, 0.05) is 5.56 Å². The highest BCUT2D eigenvalue weighted by Crippen LogP contribution is 2.21. The number of carboxylic acid groups (broad SMARTS) is 1. The van der Waals surface area contributed by atoms with E-state index in [4.69, 9.17) is 9.84 Å². The Morgan fingerprint density at radius 3 is 2.65 bits per heavy atom. The lowest BCUT2D eigenvalue weighted by molar-refractivity contribution is 0.0696. The van der Waals surface area contributed by atoms with Crippen molar-refractivity contribution >= 4 is 5.97 Å². The van der Waals surface area contributed by atoms with Gasteiger partial charge in [0.25, 0.3) is 0 Å². The van der Waals surface area contributed by atoms with Gasteiger partial charge in [-0.2, -0.15) is 0 Å². The molecule has 0 fully saturated rings. The molecule has 0 unspecified atom stereocenters. The fourth-order valence-electron chi connectivity index (χ4n) is 1.91. The first kappa shape index (κ1) is 14.1. The van der Waals surface area contributed by atoms with E-state index >= 15 is 0 Å². The minimum absolute atomic E-state index is 0.00394. The fraction of sp³-hybridized carbons (Fsp3) is 0.188. The molecule has 1 N–H and O–H groups in total. The lowest BCUT2D eigenvalue weighted by Gasteiger charge is -2.11. The molecule has 104 valence electrons. The number of aromatic carboxylic acids is 1. The maximum absolute atomic E-state index is 13.6. The van der Waals surface area contributed by atoms with Gasteiger partial charge in [0.05, 0.1) is 5.56 Å². The molecule has 2 rings (SSSR count). The number of ether oxygens (including phenoxy) is 1. The normalized spacial score (nSPS) is 10.3. The van der Waals surface area contributed by atoms with E-state index in [2.05, 4.69) is 0 Å². The highest BCUT2D eigenvalue weighted by Gasteiger charge is 2.09. The minimum Gasteiger partial charge on any atom is -0.489 e. The maximum Gasteiger partial charge on any atom is 0.335 e. The molecule has 0 aliphatic carbocycles. The molecule has 0 aliphatic rings. The molecule has 0 spiro atoms. The predicted molar refractivity (Wildman–Crippen MR) is 73.5 cm³/mol. The Balaban J connectivity index is 2.18. The Kier molecular flexibility index (Phi) is 4.35. The molecule has 0 aromatic heterocycles. The molecule has 0 radical (unpaired) electrons. The van der Waals surface area contributed by atoms with Gasteiger partial charge in [-0.1, -0.05) is 25.1 Å². The van der Waals surface area contributed by atoms with E-state index in [0.29, 0.717) is 5.75 Å². The molecule has 0 heterocycles. The van der Waals surface area contributed by atoms with Gasteiger partial charge < -0.3 is 9.84 Å². The molecule has 0 saturated heterocycles. The Hall–Kier alpha value is -2.36. The van der Waals surface area contributed by atoms with Gasteiger partial charge in [0.1, 0.15) is 18.2 Å². The molecule has 4 heteroatoms. The summed E-state index contributed by atoms with van der Waals surface area (Å²) in [5, 5.41) is 8.90. The van der Waals surface area contributed by atoms with Crippen LogP contribution in [0.25, 0.3) is 0 Å². The maximum atomic E-state index is 13.6. The molecule has 3 nitrogen and oxygen atoms in total.